The lowest BCUT2D eigenvalue weighted by atomic mass is 10.2. The van der Waals surface area contributed by atoms with Crippen LogP contribution in [-0.4, -0.2) is 7.69 Å². The third kappa shape index (κ3) is 5.26. The van der Waals surface area contributed by atoms with Crippen molar-refractivity contribution in [2.75, 3.05) is 0 Å². The minimum absolute atomic E-state index is 0.246. The number of rotatable bonds is 4. The van der Waals surface area contributed by atoms with E-state index in [1.54, 1.807) is 0 Å². The fourth-order valence-corrected chi connectivity index (χ4v) is 1.78. The molecule has 0 saturated heterocycles. The molecule has 0 amide bonds. The van der Waals surface area contributed by atoms with Gasteiger partial charge >= 0.3 is 20.0 Å². The second-order valence-electron chi connectivity index (χ2n) is 4.75. The lowest BCUT2D eigenvalue weighted by Gasteiger charge is -2.12. The highest BCUT2D eigenvalue weighted by Crippen LogP contribution is 2.33. The Balaban J connectivity index is 2.09. The Bertz CT molecular complexity index is 694. The molecule has 2 rings (SSSR count). The second kappa shape index (κ2) is 6.81. The zero-order chi connectivity index (χ0) is 18.8. The van der Waals surface area contributed by atoms with Crippen molar-refractivity contribution in [3.63, 3.8) is 0 Å². The summed E-state index contributed by atoms with van der Waals surface area (Å²) in [5, 5.41) is 0. The van der Waals surface area contributed by atoms with Crippen molar-refractivity contribution in [2.24, 2.45) is 0 Å². The van der Waals surface area contributed by atoms with E-state index in [0.29, 0.717) is 24.3 Å². The van der Waals surface area contributed by atoms with E-state index in [2.05, 4.69) is 0 Å². The first-order valence-corrected chi connectivity index (χ1v) is 6.46. The van der Waals surface area contributed by atoms with E-state index >= 15 is 0 Å². The maximum atomic E-state index is 13.1. The van der Waals surface area contributed by atoms with Crippen molar-refractivity contribution in [3.8, 4) is 11.5 Å². The predicted molar refractivity (Wildman–Crippen MR) is 71.2 cm³/mol. The van der Waals surface area contributed by atoms with Gasteiger partial charge in [-0.1, -0.05) is 0 Å². The van der Waals surface area contributed by atoms with Crippen LogP contribution in [0.2, 0.25) is 0 Å². The van der Waals surface area contributed by atoms with E-state index in [-0.39, 0.29) is 12.1 Å². The summed E-state index contributed by atoms with van der Waals surface area (Å²) in [7, 11) is -0.860. The van der Waals surface area contributed by atoms with E-state index in [4.69, 9.17) is 9.31 Å². The van der Waals surface area contributed by atoms with Gasteiger partial charge in [-0.2, -0.15) is 26.3 Å². The van der Waals surface area contributed by atoms with Crippen molar-refractivity contribution in [1.29, 1.82) is 0 Å². The number of benzene rings is 2. The molecule has 0 spiro atoms. The number of alkyl halides is 6. The maximum Gasteiger partial charge on any atom is 0.576 e. The monoisotopic (exact) mass is 370 g/mol. The molecule has 0 radical (unpaired) electrons. The minimum atomic E-state index is -4.81. The third-order valence-electron chi connectivity index (χ3n) is 2.85. The smallest absolute Gasteiger partial charge is 0.528 e. The van der Waals surface area contributed by atoms with Crippen LogP contribution in [0.25, 0.3) is 0 Å². The van der Waals surface area contributed by atoms with Crippen molar-refractivity contribution in [2.45, 2.75) is 12.4 Å². The fraction of sp³-hybridized carbons (Fsp3) is 0.143. The van der Waals surface area contributed by atoms with E-state index in [1.807, 2.05) is 0 Å². The molecular formula is C14H7BF8O2. The largest absolute Gasteiger partial charge is 0.576 e. The summed E-state index contributed by atoms with van der Waals surface area (Å²) < 4.78 is 111. The summed E-state index contributed by atoms with van der Waals surface area (Å²) in [6.07, 6.45) is -9.63. The van der Waals surface area contributed by atoms with Gasteiger partial charge in [-0.25, -0.2) is 8.78 Å². The molecular weight excluding hydrogens is 363 g/mol. The Morgan fingerprint density at radius 1 is 0.600 bits per heavy atom. The molecule has 2 aromatic carbocycles. The maximum absolute atomic E-state index is 13.1. The van der Waals surface area contributed by atoms with Gasteiger partial charge in [0.1, 0.15) is 23.1 Å². The van der Waals surface area contributed by atoms with Gasteiger partial charge in [0.15, 0.2) is 0 Å². The average molecular weight is 370 g/mol. The number of hydrogen-bond donors (Lipinski definition) is 0. The van der Waals surface area contributed by atoms with Crippen molar-refractivity contribution >= 4 is 7.69 Å². The molecule has 0 aliphatic heterocycles. The summed E-state index contributed by atoms with van der Waals surface area (Å²) in [5.41, 5.74) is -2.62. The van der Waals surface area contributed by atoms with Crippen LogP contribution in [0.4, 0.5) is 35.1 Å². The van der Waals surface area contributed by atoms with Gasteiger partial charge < -0.3 is 9.31 Å². The van der Waals surface area contributed by atoms with Gasteiger partial charge in [0.2, 0.25) is 0 Å². The standard InChI is InChI=1S/C14H7BF8O2/c16-9-1-7(13(18,19)20)3-11(5-9)24-15-25-12-4-8(14(21,22)23)2-10(17)6-12/h1-6,15H. The van der Waals surface area contributed by atoms with Crippen LogP contribution in [-0.2, 0) is 12.4 Å². The summed E-state index contributed by atoms with van der Waals surface area (Å²) in [5.74, 6) is -3.57. The van der Waals surface area contributed by atoms with Gasteiger partial charge in [-0.15, -0.1) is 0 Å². The van der Waals surface area contributed by atoms with Crippen molar-refractivity contribution < 1.29 is 44.4 Å². The van der Waals surface area contributed by atoms with Crippen LogP contribution in [0, 0.1) is 11.6 Å². The molecule has 2 aromatic rings. The van der Waals surface area contributed by atoms with Crippen LogP contribution in [0.1, 0.15) is 11.1 Å². The van der Waals surface area contributed by atoms with E-state index in [0.717, 1.165) is 0 Å². The molecule has 0 fully saturated rings. The molecule has 0 bridgehead atoms. The molecule has 0 saturated carbocycles. The predicted octanol–water partition coefficient (Wildman–Crippen LogP) is 4.73. The number of hydrogen-bond acceptors (Lipinski definition) is 2. The molecule has 25 heavy (non-hydrogen) atoms. The number of halogens is 8. The van der Waals surface area contributed by atoms with Crippen LogP contribution < -0.4 is 9.31 Å². The lowest BCUT2D eigenvalue weighted by molar-refractivity contribution is -0.138. The topological polar surface area (TPSA) is 18.5 Å². The summed E-state index contributed by atoms with van der Waals surface area (Å²) in [6, 6.07) is 2.72. The van der Waals surface area contributed by atoms with Crippen molar-refractivity contribution in [1.82, 2.24) is 0 Å². The van der Waals surface area contributed by atoms with E-state index < -0.39 is 54.3 Å². The average Bonchev–Trinajstić information content (AvgIpc) is 2.44. The lowest BCUT2D eigenvalue weighted by Crippen LogP contribution is -2.13. The molecule has 0 aliphatic carbocycles. The Morgan fingerprint density at radius 3 is 1.28 bits per heavy atom. The molecule has 0 unspecified atom stereocenters. The Kier molecular flexibility index (Phi) is 5.14. The highest BCUT2D eigenvalue weighted by molar-refractivity contribution is 6.20. The normalized spacial score (nSPS) is 12.0. The molecule has 11 heteroatoms. The van der Waals surface area contributed by atoms with Gasteiger partial charge in [-0.3, -0.25) is 0 Å². The highest BCUT2D eigenvalue weighted by atomic mass is 19.4. The zero-order valence-corrected chi connectivity index (χ0v) is 12.0. The van der Waals surface area contributed by atoms with Crippen molar-refractivity contribution in [3.05, 3.63) is 59.2 Å². The molecule has 0 N–H and O–H groups in total. The Hall–Kier alpha value is -2.46. The first-order valence-electron chi connectivity index (χ1n) is 6.46. The molecule has 0 aliphatic rings. The molecule has 134 valence electrons. The third-order valence-corrected chi connectivity index (χ3v) is 2.85. The summed E-state index contributed by atoms with van der Waals surface area (Å²) in [6.45, 7) is 0. The van der Waals surface area contributed by atoms with Crippen LogP contribution in [0.15, 0.2) is 36.4 Å². The van der Waals surface area contributed by atoms with Crippen LogP contribution in [0.5, 0.6) is 11.5 Å². The Morgan fingerprint density at radius 2 is 0.960 bits per heavy atom. The van der Waals surface area contributed by atoms with E-state index in [1.165, 1.54) is 0 Å². The van der Waals surface area contributed by atoms with Gasteiger partial charge in [-0.05, 0) is 24.3 Å². The zero-order valence-electron chi connectivity index (χ0n) is 12.0. The van der Waals surface area contributed by atoms with Gasteiger partial charge in [0, 0.05) is 12.1 Å². The Labute approximate surface area is 136 Å². The SMILES string of the molecule is Fc1cc(OBOc2cc(F)cc(C(F)(F)F)c2)cc(C(F)(F)F)c1. The van der Waals surface area contributed by atoms with Crippen LogP contribution in [0.3, 0.4) is 0 Å². The first-order chi connectivity index (χ1) is 11.4. The second-order valence-corrected chi connectivity index (χ2v) is 4.75. The molecule has 0 atom stereocenters. The van der Waals surface area contributed by atoms with Crippen LogP contribution >= 0.6 is 0 Å². The minimum Gasteiger partial charge on any atom is -0.528 e. The highest BCUT2D eigenvalue weighted by Gasteiger charge is 2.32. The quantitative estimate of drug-likeness (QED) is 0.573. The summed E-state index contributed by atoms with van der Waals surface area (Å²) >= 11 is 0. The van der Waals surface area contributed by atoms with Gasteiger partial charge in [0.05, 0.1) is 11.1 Å². The first kappa shape index (κ1) is 18.9. The molecule has 0 aromatic heterocycles. The fourth-order valence-electron chi connectivity index (χ4n) is 1.78. The summed E-state index contributed by atoms with van der Waals surface area (Å²) in [4.78, 5) is 0. The van der Waals surface area contributed by atoms with Gasteiger partial charge in [0.25, 0.3) is 0 Å². The van der Waals surface area contributed by atoms with E-state index in [9.17, 15) is 35.1 Å². The molecule has 0 heterocycles. The molecule has 2 nitrogen and oxygen atoms in total.